The van der Waals surface area contributed by atoms with Crippen LogP contribution in [0.3, 0.4) is 0 Å². The molecule has 2 aliphatic heterocycles. The molecule has 2 aromatic carbocycles. The van der Waals surface area contributed by atoms with Gasteiger partial charge in [0.25, 0.3) is 8.32 Å². The normalized spacial score (nSPS) is 19.4. The van der Waals surface area contributed by atoms with E-state index >= 15 is 0 Å². The molecule has 47 heavy (non-hydrogen) atoms. The van der Waals surface area contributed by atoms with Gasteiger partial charge in [-0.3, -0.25) is 0 Å². The molecule has 2 saturated heterocycles. The van der Waals surface area contributed by atoms with Crippen LogP contribution in [0.2, 0.25) is 5.04 Å². The quantitative estimate of drug-likeness (QED) is 0.397. The predicted molar refractivity (Wildman–Crippen MR) is 190 cm³/mol. The van der Waals surface area contributed by atoms with Crippen LogP contribution in [0, 0.1) is 0 Å². The molecule has 0 bridgehead atoms. The molecule has 4 rings (SSSR count). The highest BCUT2D eigenvalue weighted by atomic mass is 28.4. The fourth-order valence-electron chi connectivity index (χ4n) is 5.86. The zero-order valence-electron chi connectivity index (χ0n) is 30.0. The number of hydrogen-bond donors (Lipinski definition) is 3. The Bertz CT molecular complexity index is 1220. The molecule has 2 aromatic rings. The van der Waals surface area contributed by atoms with Crippen molar-refractivity contribution in [3.05, 3.63) is 60.7 Å². The van der Waals surface area contributed by atoms with Crippen molar-refractivity contribution in [1.29, 1.82) is 0 Å². The number of ether oxygens (including phenoxy) is 2. The van der Waals surface area contributed by atoms with Gasteiger partial charge in [0, 0.05) is 51.4 Å². The number of aliphatic hydroxyl groups excluding tert-OH is 1. The zero-order valence-corrected chi connectivity index (χ0v) is 31.0. The first kappa shape index (κ1) is 38.5. The average Bonchev–Trinajstić information content (AvgIpc) is 3.00. The lowest BCUT2D eigenvalue weighted by Crippen LogP contribution is -2.68. The summed E-state index contributed by atoms with van der Waals surface area (Å²) < 4.78 is 17.9. The van der Waals surface area contributed by atoms with Crippen LogP contribution in [-0.4, -0.2) is 111 Å². The Hall–Kier alpha value is -2.96. The Kier molecular flexibility index (Phi) is 13.5. The Morgan fingerprint density at radius 2 is 1.13 bits per heavy atom. The lowest BCUT2D eigenvalue weighted by Gasteiger charge is -2.44. The summed E-state index contributed by atoms with van der Waals surface area (Å²) in [5, 5.41) is 18.1. The van der Waals surface area contributed by atoms with E-state index < -0.39 is 19.5 Å². The highest BCUT2D eigenvalue weighted by Gasteiger charge is 2.50. The minimum absolute atomic E-state index is 0.0359. The van der Waals surface area contributed by atoms with E-state index in [1.807, 2.05) is 41.5 Å². The Labute approximate surface area is 283 Å². The largest absolute Gasteiger partial charge is 0.444 e. The Morgan fingerprint density at radius 1 is 0.723 bits per heavy atom. The molecule has 2 fully saturated rings. The summed E-state index contributed by atoms with van der Waals surface area (Å²) >= 11 is 0. The van der Waals surface area contributed by atoms with Crippen molar-refractivity contribution in [2.24, 2.45) is 0 Å². The second kappa shape index (κ2) is 16.4. The molecular weight excluding hydrogens is 613 g/mol. The third-order valence-corrected chi connectivity index (χ3v) is 13.0. The SMILES string of the molecule is CC(C)(C)OC(=O)N1CCN[C@@H](CO)C1.CC(C)(C)OC(=O)N1CCN[C@@H](CO[Si](c2ccccc2)(c2ccccc2)C(C)(C)C)C1. The van der Waals surface area contributed by atoms with Gasteiger partial charge in [0.05, 0.1) is 13.2 Å². The molecule has 0 saturated carbocycles. The number of nitrogens with one attached hydrogen (secondary N) is 2. The van der Waals surface area contributed by atoms with Crippen molar-refractivity contribution in [1.82, 2.24) is 20.4 Å². The topological polar surface area (TPSA) is 113 Å². The first-order valence-electron chi connectivity index (χ1n) is 16.7. The summed E-state index contributed by atoms with van der Waals surface area (Å²) in [4.78, 5) is 27.7. The van der Waals surface area contributed by atoms with Crippen molar-refractivity contribution >= 4 is 30.9 Å². The molecule has 0 aliphatic carbocycles. The van der Waals surface area contributed by atoms with E-state index in [4.69, 9.17) is 19.0 Å². The smallest absolute Gasteiger partial charge is 0.410 e. The van der Waals surface area contributed by atoms with Crippen LogP contribution in [0.5, 0.6) is 0 Å². The molecule has 0 spiro atoms. The summed E-state index contributed by atoms with van der Waals surface area (Å²) in [6.45, 7) is 22.4. The summed E-state index contributed by atoms with van der Waals surface area (Å²) in [5.41, 5.74) is -0.959. The Morgan fingerprint density at radius 3 is 1.51 bits per heavy atom. The van der Waals surface area contributed by atoms with Crippen molar-refractivity contribution in [3.8, 4) is 0 Å². The maximum absolute atomic E-state index is 12.6. The molecule has 2 aliphatic rings. The van der Waals surface area contributed by atoms with Crippen LogP contribution in [0.15, 0.2) is 60.7 Å². The lowest BCUT2D eigenvalue weighted by atomic mass is 10.2. The first-order valence-corrected chi connectivity index (χ1v) is 18.6. The molecule has 0 radical (unpaired) electrons. The van der Waals surface area contributed by atoms with Gasteiger partial charge in [0.15, 0.2) is 0 Å². The van der Waals surface area contributed by atoms with E-state index in [-0.39, 0.29) is 35.9 Å². The monoisotopic (exact) mass is 670 g/mol. The van der Waals surface area contributed by atoms with Gasteiger partial charge in [0.1, 0.15) is 11.2 Å². The van der Waals surface area contributed by atoms with Crippen LogP contribution in [0.1, 0.15) is 62.3 Å². The molecule has 10 nitrogen and oxygen atoms in total. The lowest BCUT2D eigenvalue weighted by molar-refractivity contribution is 0.0165. The zero-order chi connectivity index (χ0) is 34.9. The van der Waals surface area contributed by atoms with Crippen molar-refractivity contribution < 1.29 is 28.6 Å². The van der Waals surface area contributed by atoms with Gasteiger partial charge >= 0.3 is 12.2 Å². The summed E-state index contributed by atoms with van der Waals surface area (Å²) in [7, 11) is -2.60. The van der Waals surface area contributed by atoms with Gasteiger partial charge in [-0.2, -0.15) is 0 Å². The molecule has 3 N–H and O–H groups in total. The highest BCUT2D eigenvalue weighted by molar-refractivity contribution is 6.99. The van der Waals surface area contributed by atoms with Crippen molar-refractivity contribution in [3.63, 3.8) is 0 Å². The van der Waals surface area contributed by atoms with E-state index in [9.17, 15) is 9.59 Å². The number of benzene rings is 2. The van der Waals surface area contributed by atoms with Crippen LogP contribution >= 0.6 is 0 Å². The number of carbonyl (C=O) groups is 2. The van der Waals surface area contributed by atoms with Crippen LogP contribution in [-0.2, 0) is 13.9 Å². The number of amides is 2. The molecule has 11 heteroatoms. The summed E-state index contributed by atoms with van der Waals surface area (Å²) in [6.07, 6.45) is -0.558. The number of nitrogens with zero attached hydrogens (tertiary/aromatic N) is 2. The molecule has 2 amide bonds. The van der Waals surface area contributed by atoms with E-state index in [0.717, 1.165) is 6.54 Å². The molecule has 262 valence electrons. The fraction of sp³-hybridized carbons (Fsp3) is 0.611. The maximum atomic E-state index is 12.6. The predicted octanol–water partition coefficient (Wildman–Crippen LogP) is 3.96. The molecule has 0 unspecified atom stereocenters. The Balaban J connectivity index is 0.000000335. The molecule has 2 atom stereocenters. The van der Waals surface area contributed by atoms with Gasteiger partial charge in [-0.1, -0.05) is 81.4 Å². The van der Waals surface area contributed by atoms with Gasteiger partial charge in [0.2, 0.25) is 0 Å². The van der Waals surface area contributed by atoms with Crippen LogP contribution < -0.4 is 21.0 Å². The van der Waals surface area contributed by atoms with Crippen LogP contribution in [0.25, 0.3) is 0 Å². The number of hydrogen-bond acceptors (Lipinski definition) is 8. The third-order valence-electron chi connectivity index (χ3n) is 7.95. The highest BCUT2D eigenvalue weighted by Crippen LogP contribution is 2.36. The first-order chi connectivity index (χ1) is 21.9. The van der Waals surface area contributed by atoms with Crippen molar-refractivity contribution in [2.45, 2.75) is 90.6 Å². The van der Waals surface area contributed by atoms with E-state index in [0.29, 0.717) is 39.3 Å². The number of piperazine rings is 2. The number of aliphatic hydroxyl groups is 1. The van der Waals surface area contributed by atoms with E-state index in [1.54, 1.807) is 9.80 Å². The maximum Gasteiger partial charge on any atom is 0.410 e. The van der Waals surface area contributed by atoms with Gasteiger partial charge in [-0.05, 0) is 57.0 Å². The minimum Gasteiger partial charge on any atom is -0.444 e. The number of carbonyl (C=O) groups excluding carboxylic acids is 2. The second-order valence-corrected chi connectivity index (χ2v) is 19.6. The van der Waals surface area contributed by atoms with Crippen molar-refractivity contribution in [2.75, 3.05) is 52.5 Å². The molecular formula is C36H58N4O6Si. The van der Waals surface area contributed by atoms with Gasteiger partial charge in [-0.15, -0.1) is 0 Å². The fourth-order valence-corrected chi connectivity index (χ4v) is 10.5. The van der Waals surface area contributed by atoms with E-state index in [1.165, 1.54) is 10.4 Å². The molecule has 2 heterocycles. The van der Waals surface area contributed by atoms with E-state index in [2.05, 4.69) is 92.1 Å². The van der Waals surface area contributed by atoms with Crippen LogP contribution in [0.4, 0.5) is 9.59 Å². The number of rotatable bonds is 6. The minimum atomic E-state index is -2.60. The summed E-state index contributed by atoms with van der Waals surface area (Å²) in [5.74, 6) is 0. The molecule has 0 aromatic heterocycles. The summed E-state index contributed by atoms with van der Waals surface area (Å²) in [6, 6.07) is 21.3. The van der Waals surface area contributed by atoms with Gasteiger partial charge in [-0.25, -0.2) is 9.59 Å². The second-order valence-electron chi connectivity index (χ2n) is 15.3. The standard InChI is InChI=1S/C26H38N2O3Si.C10H20N2O3/c1-25(2,3)31-24(29)28-18-17-27-21(19-28)20-30-32(26(4,5)6,22-13-9-7-10-14-22)23-15-11-8-12-16-23;1-10(2,3)15-9(14)12-5-4-11-8(6-12)7-13/h7-16,21,27H,17-20H2,1-6H3;8,11,13H,4-7H2,1-3H3/t21-;8-/m11/s1. The van der Waals surface area contributed by atoms with Gasteiger partial charge < -0.3 is 39.4 Å². The average molecular weight is 671 g/mol. The third kappa shape index (κ3) is 11.3.